The summed E-state index contributed by atoms with van der Waals surface area (Å²) in [7, 11) is 0. The summed E-state index contributed by atoms with van der Waals surface area (Å²) in [5.41, 5.74) is 5.01. The normalized spacial score (nSPS) is 23.1. The zero-order valence-electron chi connectivity index (χ0n) is 24.0. The molecule has 0 unspecified atom stereocenters. The van der Waals surface area contributed by atoms with E-state index in [-0.39, 0.29) is 17.5 Å². The summed E-state index contributed by atoms with van der Waals surface area (Å²) in [4.78, 5) is 46.2. The minimum Gasteiger partial charge on any atom is -0.352 e. The molecule has 1 saturated heterocycles. The molecule has 7 rings (SSSR count). The van der Waals surface area contributed by atoms with Gasteiger partial charge in [-0.2, -0.15) is 0 Å². The van der Waals surface area contributed by atoms with Gasteiger partial charge in [-0.05, 0) is 72.5 Å². The second kappa shape index (κ2) is 10.4. The van der Waals surface area contributed by atoms with Crippen LogP contribution in [0, 0.1) is 12.8 Å². The maximum atomic E-state index is 14.9. The van der Waals surface area contributed by atoms with E-state index in [2.05, 4.69) is 18.3 Å². The van der Waals surface area contributed by atoms with Gasteiger partial charge in [-0.1, -0.05) is 91.2 Å². The van der Waals surface area contributed by atoms with Crippen molar-refractivity contribution in [2.24, 2.45) is 5.92 Å². The van der Waals surface area contributed by atoms with Gasteiger partial charge in [-0.3, -0.25) is 14.4 Å². The molecule has 3 heterocycles. The highest BCUT2D eigenvalue weighted by atomic mass is 35.5. The molecule has 1 spiro atoms. The van der Waals surface area contributed by atoms with E-state index >= 15 is 0 Å². The van der Waals surface area contributed by atoms with Gasteiger partial charge in [0.1, 0.15) is 11.5 Å². The van der Waals surface area contributed by atoms with Crippen LogP contribution in [-0.2, 0) is 16.6 Å². The van der Waals surface area contributed by atoms with Crippen LogP contribution in [0.5, 0.6) is 0 Å². The highest BCUT2D eigenvalue weighted by Crippen LogP contribution is 2.58. The topological polar surface area (TPSA) is 66.5 Å². The first-order valence-electron chi connectivity index (χ1n) is 14.8. The molecular formula is C37H31ClN2O3. The van der Waals surface area contributed by atoms with Crippen molar-refractivity contribution in [2.45, 2.75) is 44.2 Å². The molecule has 4 aromatic carbocycles. The number of Topliss-reactive ketones (excluding diaryl/α,β-unsaturated/α-hetero) is 2. The molecule has 0 saturated carbocycles. The molecule has 1 amide bonds. The van der Waals surface area contributed by atoms with Crippen LogP contribution in [0.4, 0.5) is 11.4 Å². The summed E-state index contributed by atoms with van der Waals surface area (Å²) in [6.45, 7) is 4.14. The fourth-order valence-corrected chi connectivity index (χ4v) is 7.51. The van der Waals surface area contributed by atoms with Crippen LogP contribution in [0.2, 0.25) is 5.02 Å². The molecule has 3 aliphatic heterocycles. The predicted molar refractivity (Wildman–Crippen MR) is 171 cm³/mol. The first-order chi connectivity index (χ1) is 20.8. The summed E-state index contributed by atoms with van der Waals surface area (Å²) >= 11 is 6.20. The highest BCUT2D eigenvalue weighted by Gasteiger charge is 2.70. The van der Waals surface area contributed by atoms with Gasteiger partial charge < -0.3 is 10.2 Å². The van der Waals surface area contributed by atoms with Gasteiger partial charge in [0, 0.05) is 27.5 Å². The number of fused-ring (bicyclic) bond motifs is 6. The van der Waals surface area contributed by atoms with Crippen molar-refractivity contribution in [1.29, 1.82) is 0 Å². The Morgan fingerprint density at radius 2 is 1.60 bits per heavy atom. The maximum absolute atomic E-state index is 14.9. The summed E-state index contributed by atoms with van der Waals surface area (Å²) in [5, 5.41) is 3.60. The van der Waals surface area contributed by atoms with Gasteiger partial charge in [-0.15, -0.1) is 0 Å². The Morgan fingerprint density at radius 3 is 2.35 bits per heavy atom. The minimum absolute atomic E-state index is 0.223. The first kappa shape index (κ1) is 27.4. The predicted octanol–water partition coefficient (Wildman–Crippen LogP) is 7.46. The molecule has 6 heteroatoms. The van der Waals surface area contributed by atoms with E-state index in [1.54, 1.807) is 24.3 Å². The third kappa shape index (κ3) is 4.09. The number of para-hydroxylation sites is 1. The van der Waals surface area contributed by atoms with Crippen LogP contribution in [-0.4, -0.2) is 29.6 Å². The van der Waals surface area contributed by atoms with Gasteiger partial charge in [0.25, 0.3) is 0 Å². The van der Waals surface area contributed by atoms with Crippen molar-refractivity contribution in [3.05, 3.63) is 135 Å². The lowest BCUT2D eigenvalue weighted by Gasteiger charge is -2.37. The standard InChI is InChI=1S/C37H31ClN2O3/c1-3-6-23-10-12-24(13-11-23)34(41)32-33(35(42)25-14-17-27(38)18-15-25)40-30-19-9-22(2)21-26(30)16-20-31(40)37(32)28-7-4-5-8-29(28)39-36(37)43/h4-5,7-21,31-33H,3,6H2,1-2H3,(H,39,43)/t31-,32+,33+,37+/m1/s1. The Kier molecular flexibility index (Phi) is 6.59. The lowest BCUT2D eigenvalue weighted by Crippen LogP contribution is -2.51. The quantitative estimate of drug-likeness (QED) is 0.238. The number of carbonyl (C=O) groups is 3. The van der Waals surface area contributed by atoms with Gasteiger partial charge in [0.15, 0.2) is 11.6 Å². The molecule has 4 aromatic rings. The van der Waals surface area contributed by atoms with E-state index in [4.69, 9.17) is 11.6 Å². The zero-order chi connectivity index (χ0) is 29.9. The summed E-state index contributed by atoms with van der Waals surface area (Å²) in [5.74, 6) is -1.72. The molecule has 0 aliphatic carbocycles. The van der Waals surface area contributed by atoms with Crippen molar-refractivity contribution < 1.29 is 14.4 Å². The van der Waals surface area contributed by atoms with Gasteiger partial charge in [0.2, 0.25) is 5.91 Å². The van der Waals surface area contributed by atoms with E-state index in [1.807, 2.05) is 84.6 Å². The average Bonchev–Trinajstić information content (AvgIpc) is 3.49. The van der Waals surface area contributed by atoms with Crippen LogP contribution < -0.4 is 10.2 Å². The van der Waals surface area contributed by atoms with Crippen molar-refractivity contribution in [2.75, 3.05) is 10.2 Å². The average molecular weight is 587 g/mol. The molecule has 4 atom stereocenters. The molecule has 0 radical (unpaired) electrons. The number of nitrogens with one attached hydrogen (secondary N) is 1. The molecule has 3 aliphatic rings. The van der Waals surface area contributed by atoms with E-state index in [9.17, 15) is 14.4 Å². The lowest BCUT2D eigenvalue weighted by atomic mass is 9.64. The molecular weight excluding hydrogens is 556 g/mol. The second-order valence-electron chi connectivity index (χ2n) is 11.7. The summed E-state index contributed by atoms with van der Waals surface area (Å²) < 4.78 is 0. The number of carbonyl (C=O) groups excluding carboxylic acids is 3. The van der Waals surface area contributed by atoms with E-state index in [0.29, 0.717) is 21.8 Å². The summed E-state index contributed by atoms with van der Waals surface area (Å²) in [6.07, 6.45) is 5.93. The number of anilines is 2. The molecule has 0 aromatic heterocycles. The van der Waals surface area contributed by atoms with Crippen LogP contribution in [0.15, 0.2) is 97.1 Å². The molecule has 214 valence electrons. The largest absolute Gasteiger partial charge is 0.352 e. The number of benzene rings is 4. The van der Waals surface area contributed by atoms with Gasteiger partial charge in [0.05, 0.1) is 12.0 Å². The van der Waals surface area contributed by atoms with Crippen molar-refractivity contribution in [3.63, 3.8) is 0 Å². The first-order valence-corrected chi connectivity index (χ1v) is 15.1. The maximum Gasteiger partial charge on any atom is 0.238 e. The zero-order valence-corrected chi connectivity index (χ0v) is 24.8. The Morgan fingerprint density at radius 1 is 0.907 bits per heavy atom. The SMILES string of the molecule is CCCc1ccc(C(=O)[C@@H]2[C@@H](C(=O)c3ccc(Cl)cc3)N3c4ccc(C)cc4C=C[C@@H]3[C@]23C(=O)Nc2ccccc23)cc1. The molecule has 1 fully saturated rings. The van der Waals surface area contributed by atoms with Crippen molar-refractivity contribution in [3.8, 4) is 0 Å². The van der Waals surface area contributed by atoms with Crippen LogP contribution >= 0.6 is 11.6 Å². The molecule has 1 N–H and O–H groups in total. The minimum atomic E-state index is -1.33. The van der Waals surface area contributed by atoms with Gasteiger partial charge >= 0.3 is 0 Å². The smallest absolute Gasteiger partial charge is 0.238 e. The molecule has 5 nitrogen and oxygen atoms in total. The van der Waals surface area contributed by atoms with Crippen molar-refractivity contribution >= 4 is 46.5 Å². The van der Waals surface area contributed by atoms with Crippen molar-refractivity contribution in [1.82, 2.24) is 0 Å². The Hall–Kier alpha value is -4.48. The Bertz CT molecular complexity index is 1810. The lowest BCUT2D eigenvalue weighted by molar-refractivity contribution is -0.121. The van der Waals surface area contributed by atoms with E-state index in [1.165, 1.54) is 0 Å². The monoisotopic (exact) mass is 586 g/mol. The van der Waals surface area contributed by atoms with Crippen LogP contribution in [0.3, 0.4) is 0 Å². The number of hydrogen-bond donors (Lipinski definition) is 1. The fraction of sp³-hybridized carbons (Fsp3) is 0.216. The van der Waals surface area contributed by atoms with E-state index in [0.717, 1.165) is 40.8 Å². The second-order valence-corrected chi connectivity index (χ2v) is 12.2. The third-order valence-electron chi connectivity index (χ3n) is 9.25. The Labute approximate surface area is 256 Å². The molecule has 0 bridgehead atoms. The number of ketones is 2. The van der Waals surface area contributed by atoms with Crippen LogP contribution in [0.1, 0.15) is 56.3 Å². The number of rotatable bonds is 6. The van der Waals surface area contributed by atoms with Gasteiger partial charge in [-0.25, -0.2) is 0 Å². The number of amides is 1. The number of hydrogen-bond acceptors (Lipinski definition) is 4. The summed E-state index contributed by atoms with van der Waals surface area (Å²) in [6, 6.07) is 26.5. The fourth-order valence-electron chi connectivity index (χ4n) is 7.39. The number of halogens is 1. The van der Waals surface area contributed by atoms with E-state index < -0.39 is 23.4 Å². The number of nitrogens with zero attached hydrogens (tertiary/aromatic N) is 1. The number of aryl methyl sites for hydroxylation is 2. The van der Waals surface area contributed by atoms with Crippen LogP contribution in [0.25, 0.3) is 6.08 Å². The third-order valence-corrected chi connectivity index (χ3v) is 9.50. The highest BCUT2D eigenvalue weighted by molar-refractivity contribution is 6.30. The Balaban J connectivity index is 1.50. The molecule has 43 heavy (non-hydrogen) atoms.